The second-order valence-corrected chi connectivity index (χ2v) is 3.63. The van der Waals surface area contributed by atoms with Crippen molar-refractivity contribution >= 4 is 11.9 Å². The first kappa shape index (κ1) is 15.9. The number of alkyl halides is 3. The molecule has 2 N–H and O–H groups in total. The van der Waals surface area contributed by atoms with E-state index in [-0.39, 0.29) is 24.4 Å². The van der Waals surface area contributed by atoms with Crippen LogP contribution in [0.4, 0.5) is 13.2 Å². The summed E-state index contributed by atoms with van der Waals surface area (Å²) in [4.78, 5) is 26.1. The van der Waals surface area contributed by atoms with Crippen molar-refractivity contribution in [3.8, 4) is 0 Å². The van der Waals surface area contributed by atoms with E-state index in [0.717, 1.165) is 0 Å². The average Bonchev–Trinajstić information content (AvgIpc) is 2.36. The molecule has 0 aromatic carbocycles. The van der Waals surface area contributed by atoms with Gasteiger partial charge in [0.1, 0.15) is 12.3 Å². The van der Waals surface area contributed by atoms with Gasteiger partial charge in [-0.05, 0) is 12.1 Å². The molecule has 110 valence electrons. The molecule has 0 spiro atoms. The van der Waals surface area contributed by atoms with Crippen LogP contribution in [-0.4, -0.2) is 47.9 Å². The molecule has 0 aliphatic rings. The number of aromatic nitrogens is 1. The zero-order valence-corrected chi connectivity index (χ0v) is 10.1. The van der Waals surface area contributed by atoms with E-state index in [9.17, 15) is 22.8 Å². The molecule has 1 aromatic rings. The summed E-state index contributed by atoms with van der Waals surface area (Å²) in [6, 6.07) is 2.55. The van der Waals surface area contributed by atoms with Crippen LogP contribution in [0, 0.1) is 0 Å². The topological polar surface area (TPSA) is 88.5 Å². The molecule has 1 heterocycles. The standard InChI is InChI=1S/C11H11F3N2O4/c12-11(13,14)6-20-5-4-16-9(17)8-7(10(18)19)2-1-3-15-8/h1-3H,4-6H2,(H,16,17)(H,18,19). The van der Waals surface area contributed by atoms with Crippen LogP contribution in [0.2, 0.25) is 0 Å². The first-order valence-electron chi connectivity index (χ1n) is 5.42. The average molecular weight is 292 g/mol. The van der Waals surface area contributed by atoms with Gasteiger partial charge in [0, 0.05) is 12.7 Å². The van der Waals surface area contributed by atoms with Crippen LogP contribution in [0.3, 0.4) is 0 Å². The maximum absolute atomic E-state index is 11.8. The van der Waals surface area contributed by atoms with Crippen molar-refractivity contribution in [2.45, 2.75) is 6.18 Å². The number of halogens is 3. The Morgan fingerprint density at radius 1 is 1.40 bits per heavy atom. The fraction of sp³-hybridized carbons (Fsp3) is 0.364. The molecule has 0 saturated carbocycles. The normalized spacial score (nSPS) is 11.2. The molecular formula is C11H11F3N2O4. The number of amides is 1. The largest absolute Gasteiger partial charge is 0.478 e. The van der Waals surface area contributed by atoms with Gasteiger partial charge < -0.3 is 15.2 Å². The smallest absolute Gasteiger partial charge is 0.411 e. The van der Waals surface area contributed by atoms with Crippen molar-refractivity contribution in [3.05, 3.63) is 29.6 Å². The second kappa shape index (κ2) is 6.85. The molecule has 1 aromatic heterocycles. The van der Waals surface area contributed by atoms with Crippen molar-refractivity contribution in [2.75, 3.05) is 19.8 Å². The number of hydrogen-bond donors (Lipinski definition) is 2. The number of aromatic carboxylic acids is 1. The number of carboxylic acid groups (broad SMARTS) is 1. The van der Waals surface area contributed by atoms with Crippen LogP contribution in [0.5, 0.6) is 0 Å². The number of carboxylic acids is 1. The van der Waals surface area contributed by atoms with Gasteiger partial charge in [0.25, 0.3) is 5.91 Å². The minimum atomic E-state index is -4.43. The highest BCUT2D eigenvalue weighted by Gasteiger charge is 2.27. The lowest BCUT2D eigenvalue weighted by molar-refractivity contribution is -0.173. The Bertz CT molecular complexity index is 491. The SMILES string of the molecule is O=C(O)c1cccnc1C(=O)NCCOCC(F)(F)F. The molecule has 0 aliphatic heterocycles. The number of pyridine rings is 1. The van der Waals surface area contributed by atoms with E-state index in [1.807, 2.05) is 0 Å². The maximum atomic E-state index is 11.8. The molecule has 0 aliphatic carbocycles. The first-order chi connectivity index (χ1) is 9.31. The summed E-state index contributed by atoms with van der Waals surface area (Å²) in [6.45, 7) is -1.95. The second-order valence-electron chi connectivity index (χ2n) is 3.63. The van der Waals surface area contributed by atoms with Gasteiger partial charge in [0.05, 0.1) is 12.2 Å². The lowest BCUT2D eigenvalue weighted by Gasteiger charge is -2.09. The predicted octanol–water partition coefficient (Wildman–Crippen LogP) is 1.09. The molecule has 1 amide bonds. The number of ether oxygens (including phenoxy) is 1. The van der Waals surface area contributed by atoms with Gasteiger partial charge in [-0.15, -0.1) is 0 Å². The van der Waals surface area contributed by atoms with Crippen molar-refractivity contribution in [2.24, 2.45) is 0 Å². The summed E-state index contributed by atoms with van der Waals surface area (Å²) in [5.74, 6) is -2.12. The van der Waals surface area contributed by atoms with Crippen LogP contribution in [0.1, 0.15) is 20.8 Å². The number of rotatable bonds is 6. The number of nitrogens with zero attached hydrogens (tertiary/aromatic N) is 1. The van der Waals surface area contributed by atoms with Crippen LogP contribution in [0.25, 0.3) is 0 Å². The highest BCUT2D eigenvalue weighted by atomic mass is 19.4. The quantitative estimate of drug-likeness (QED) is 0.766. The maximum Gasteiger partial charge on any atom is 0.411 e. The van der Waals surface area contributed by atoms with E-state index in [1.165, 1.54) is 18.3 Å². The summed E-state index contributed by atoms with van der Waals surface area (Å²) in [5.41, 5.74) is -0.600. The lowest BCUT2D eigenvalue weighted by atomic mass is 10.2. The van der Waals surface area contributed by atoms with Crippen molar-refractivity contribution in [3.63, 3.8) is 0 Å². The Morgan fingerprint density at radius 3 is 2.70 bits per heavy atom. The predicted molar refractivity (Wildman–Crippen MR) is 60.4 cm³/mol. The fourth-order valence-corrected chi connectivity index (χ4v) is 1.27. The Morgan fingerprint density at radius 2 is 2.10 bits per heavy atom. The number of nitrogens with one attached hydrogen (secondary N) is 1. The molecule has 0 atom stereocenters. The van der Waals surface area contributed by atoms with Crippen LogP contribution in [-0.2, 0) is 4.74 Å². The molecular weight excluding hydrogens is 281 g/mol. The highest BCUT2D eigenvalue weighted by Crippen LogP contribution is 2.14. The van der Waals surface area contributed by atoms with Crippen molar-refractivity contribution in [1.29, 1.82) is 0 Å². The Hall–Kier alpha value is -2.16. The molecule has 6 nitrogen and oxygen atoms in total. The molecule has 0 saturated heterocycles. The summed E-state index contributed by atoms with van der Waals surface area (Å²) in [5, 5.41) is 11.1. The van der Waals surface area contributed by atoms with Gasteiger partial charge in [-0.3, -0.25) is 9.78 Å². The lowest BCUT2D eigenvalue weighted by Crippen LogP contribution is -2.30. The first-order valence-corrected chi connectivity index (χ1v) is 5.42. The van der Waals surface area contributed by atoms with E-state index in [0.29, 0.717) is 0 Å². The van der Waals surface area contributed by atoms with Gasteiger partial charge >= 0.3 is 12.1 Å². The number of carbonyl (C=O) groups is 2. The van der Waals surface area contributed by atoms with Gasteiger partial charge in [-0.2, -0.15) is 13.2 Å². The summed E-state index contributed by atoms with van der Waals surface area (Å²) >= 11 is 0. The van der Waals surface area contributed by atoms with Crippen molar-refractivity contribution in [1.82, 2.24) is 10.3 Å². The monoisotopic (exact) mass is 292 g/mol. The van der Waals surface area contributed by atoms with Gasteiger partial charge in [-0.1, -0.05) is 0 Å². The molecule has 0 unspecified atom stereocenters. The summed E-state index contributed by atoms with van der Waals surface area (Å²) in [6.07, 6.45) is -3.19. The summed E-state index contributed by atoms with van der Waals surface area (Å²) in [7, 11) is 0. The van der Waals surface area contributed by atoms with Crippen LogP contribution in [0.15, 0.2) is 18.3 Å². The minimum absolute atomic E-state index is 0.190. The third-order valence-corrected chi connectivity index (χ3v) is 2.05. The fourth-order valence-electron chi connectivity index (χ4n) is 1.27. The molecule has 1 rings (SSSR count). The Kier molecular flexibility index (Phi) is 5.44. The Labute approximate surface area is 111 Å². The third kappa shape index (κ3) is 5.22. The minimum Gasteiger partial charge on any atom is -0.478 e. The zero-order chi connectivity index (χ0) is 15.2. The zero-order valence-electron chi connectivity index (χ0n) is 10.1. The van der Waals surface area contributed by atoms with Gasteiger partial charge in [0.2, 0.25) is 0 Å². The molecule has 9 heteroatoms. The molecule has 0 fully saturated rings. The number of carbonyl (C=O) groups excluding carboxylic acids is 1. The highest BCUT2D eigenvalue weighted by molar-refractivity contribution is 6.03. The van der Waals surface area contributed by atoms with Gasteiger partial charge in [0.15, 0.2) is 0 Å². The number of hydrogen-bond acceptors (Lipinski definition) is 4. The third-order valence-electron chi connectivity index (χ3n) is 2.05. The van der Waals surface area contributed by atoms with E-state index in [2.05, 4.69) is 15.0 Å². The molecule has 0 radical (unpaired) electrons. The van der Waals surface area contributed by atoms with Gasteiger partial charge in [-0.25, -0.2) is 4.79 Å². The van der Waals surface area contributed by atoms with Crippen molar-refractivity contribution < 1.29 is 32.6 Å². The Balaban J connectivity index is 2.46. The van der Waals surface area contributed by atoms with E-state index in [4.69, 9.17) is 5.11 Å². The molecule has 0 bridgehead atoms. The van der Waals surface area contributed by atoms with E-state index in [1.54, 1.807) is 0 Å². The molecule has 20 heavy (non-hydrogen) atoms. The van der Waals surface area contributed by atoms with E-state index >= 15 is 0 Å². The summed E-state index contributed by atoms with van der Waals surface area (Å²) < 4.78 is 39.6. The van der Waals surface area contributed by atoms with E-state index < -0.39 is 24.7 Å². The van der Waals surface area contributed by atoms with Crippen LogP contribution < -0.4 is 5.32 Å². The van der Waals surface area contributed by atoms with Crippen LogP contribution >= 0.6 is 0 Å².